The van der Waals surface area contributed by atoms with Crippen LogP contribution in [0.15, 0.2) is 17.0 Å². The van der Waals surface area contributed by atoms with Gasteiger partial charge in [0.2, 0.25) is 0 Å². The Morgan fingerprint density at radius 2 is 2.24 bits per heavy atom. The Balaban J connectivity index is 2.49. The second-order valence-electron chi connectivity index (χ2n) is 4.53. The zero-order valence-electron chi connectivity index (χ0n) is 10.5. The van der Waals surface area contributed by atoms with E-state index in [1.807, 2.05) is 18.4 Å². The third-order valence-electron chi connectivity index (χ3n) is 3.45. The van der Waals surface area contributed by atoms with E-state index in [1.54, 1.807) is 7.11 Å². The second-order valence-corrected chi connectivity index (χ2v) is 5.34. The predicted molar refractivity (Wildman–Crippen MR) is 69.3 cm³/mol. The number of hydrogen-bond donors (Lipinski definition) is 1. The maximum atomic E-state index is 14.5. The smallest absolute Gasteiger partial charge is 0.145 e. The van der Waals surface area contributed by atoms with Gasteiger partial charge in [-0.1, -0.05) is 6.07 Å². The quantitative estimate of drug-likeness (QED) is 0.838. The molecule has 0 saturated carbocycles. The van der Waals surface area contributed by atoms with E-state index in [9.17, 15) is 4.39 Å². The first kappa shape index (κ1) is 12.7. The largest absolute Gasteiger partial charge is 0.495 e. The fourth-order valence-corrected chi connectivity index (χ4v) is 3.08. The minimum Gasteiger partial charge on any atom is -0.495 e. The van der Waals surface area contributed by atoms with Gasteiger partial charge in [-0.05, 0) is 38.6 Å². The van der Waals surface area contributed by atoms with Gasteiger partial charge in [0.15, 0.2) is 0 Å². The first-order valence-corrected chi connectivity index (χ1v) is 7.01. The van der Waals surface area contributed by atoms with Crippen LogP contribution >= 0.6 is 11.8 Å². The van der Waals surface area contributed by atoms with Crippen LogP contribution in [0, 0.1) is 5.82 Å². The summed E-state index contributed by atoms with van der Waals surface area (Å²) in [5.74, 6) is 0.467. The molecule has 0 aliphatic carbocycles. The van der Waals surface area contributed by atoms with Crippen LogP contribution in [0.4, 0.5) is 4.39 Å². The van der Waals surface area contributed by atoms with Crippen LogP contribution in [0.2, 0.25) is 0 Å². The van der Waals surface area contributed by atoms with E-state index in [-0.39, 0.29) is 11.4 Å². The summed E-state index contributed by atoms with van der Waals surface area (Å²) < 4.78 is 19.7. The molecule has 1 fully saturated rings. The van der Waals surface area contributed by atoms with Gasteiger partial charge in [0.05, 0.1) is 12.0 Å². The topological polar surface area (TPSA) is 21.3 Å². The van der Waals surface area contributed by atoms with Crippen LogP contribution in [0.3, 0.4) is 0 Å². The van der Waals surface area contributed by atoms with Crippen molar-refractivity contribution >= 4 is 11.8 Å². The van der Waals surface area contributed by atoms with Crippen molar-refractivity contribution in [1.82, 2.24) is 5.32 Å². The highest BCUT2D eigenvalue weighted by atomic mass is 32.2. The van der Waals surface area contributed by atoms with Gasteiger partial charge in [-0.15, -0.1) is 11.8 Å². The summed E-state index contributed by atoms with van der Waals surface area (Å²) in [4.78, 5) is 0.597. The molecule has 1 aromatic carbocycles. The van der Waals surface area contributed by atoms with Crippen molar-refractivity contribution in [2.24, 2.45) is 0 Å². The van der Waals surface area contributed by atoms with Gasteiger partial charge in [0, 0.05) is 11.1 Å². The molecule has 4 heteroatoms. The molecule has 0 amide bonds. The summed E-state index contributed by atoms with van der Waals surface area (Å²) in [6, 6.07) is 3.70. The first-order valence-electron chi connectivity index (χ1n) is 5.78. The molecule has 1 heterocycles. The number of halogens is 1. The first-order chi connectivity index (χ1) is 8.12. The van der Waals surface area contributed by atoms with Gasteiger partial charge >= 0.3 is 0 Å². The highest BCUT2D eigenvalue weighted by molar-refractivity contribution is 7.98. The molecular formula is C13H18FNOS. The molecule has 94 valence electrons. The molecule has 1 aliphatic heterocycles. The zero-order valence-corrected chi connectivity index (χ0v) is 11.3. The third-order valence-corrected chi connectivity index (χ3v) is 4.24. The lowest BCUT2D eigenvalue weighted by molar-refractivity contribution is 0.380. The molecule has 0 bridgehead atoms. The van der Waals surface area contributed by atoms with Gasteiger partial charge < -0.3 is 10.1 Å². The minimum absolute atomic E-state index is 0.145. The van der Waals surface area contributed by atoms with Crippen molar-refractivity contribution in [3.05, 3.63) is 23.5 Å². The normalized spacial score (nSPS) is 24.0. The summed E-state index contributed by atoms with van der Waals surface area (Å²) in [5, 5.41) is 3.39. The van der Waals surface area contributed by atoms with Crippen LogP contribution in [0.1, 0.15) is 25.3 Å². The minimum atomic E-state index is -0.235. The molecule has 2 rings (SSSR count). The Bertz CT molecular complexity index is 416. The van der Waals surface area contributed by atoms with Crippen LogP contribution < -0.4 is 10.1 Å². The van der Waals surface area contributed by atoms with Crippen molar-refractivity contribution in [3.63, 3.8) is 0 Å². The SMILES string of the molecule is COc1ccc(C2(C)CCCN2)c(F)c1SC. The van der Waals surface area contributed by atoms with Crippen molar-refractivity contribution in [3.8, 4) is 5.75 Å². The van der Waals surface area contributed by atoms with E-state index in [0.29, 0.717) is 10.6 Å². The zero-order chi connectivity index (χ0) is 12.5. The second kappa shape index (κ2) is 4.86. The number of methoxy groups -OCH3 is 1. The van der Waals surface area contributed by atoms with E-state index in [1.165, 1.54) is 11.8 Å². The molecule has 1 aromatic rings. The highest BCUT2D eigenvalue weighted by Crippen LogP contribution is 2.39. The molecule has 17 heavy (non-hydrogen) atoms. The number of hydrogen-bond acceptors (Lipinski definition) is 3. The van der Waals surface area contributed by atoms with Crippen molar-refractivity contribution < 1.29 is 9.13 Å². The number of benzene rings is 1. The predicted octanol–water partition coefficient (Wildman–Crippen LogP) is 3.15. The Labute approximate surface area is 106 Å². The standard InChI is InChI=1S/C13H18FNOS/c1-13(7-4-8-15-13)9-5-6-10(16-2)12(17-3)11(9)14/h5-6,15H,4,7-8H2,1-3H3. The van der Waals surface area contributed by atoms with Crippen molar-refractivity contribution in [2.75, 3.05) is 19.9 Å². The maximum Gasteiger partial charge on any atom is 0.145 e. The molecule has 1 atom stereocenters. The van der Waals surface area contributed by atoms with Crippen molar-refractivity contribution in [2.45, 2.75) is 30.2 Å². The van der Waals surface area contributed by atoms with E-state index in [4.69, 9.17) is 4.74 Å². The third kappa shape index (κ3) is 2.16. The molecule has 1 saturated heterocycles. The van der Waals surface area contributed by atoms with Gasteiger partial charge in [-0.25, -0.2) is 4.39 Å². The fraction of sp³-hybridized carbons (Fsp3) is 0.538. The highest BCUT2D eigenvalue weighted by Gasteiger charge is 2.33. The van der Waals surface area contributed by atoms with Crippen LogP contribution in [0.25, 0.3) is 0 Å². The molecule has 1 N–H and O–H groups in total. The van der Waals surface area contributed by atoms with Crippen LogP contribution in [0.5, 0.6) is 5.75 Å². The lowest BCUT2D eigenvalue weighted by Crippen LogP contribution is -2.34. The van der Waals surface area contributed by atoms with E-state index >= 15 is 0 Å². The summed E-state index contributed by atoms with van der Waals surface area (Å²) in [6.45, 7) is 3.02. The Morgan fingerprint density at radius 3 is 2.76 bits per heavy atom. The molecular weight excluding hydrogens is 237 g/mol. The summed E-state index contributed by atoms with van der Waals surface area (Å²) >= 11 is 1.39. The summed E-state index contributed by atoms with van der Waals surface area (Å²) in [6.07, 6.45) is 3.94. The molecule has 0 aromatic heterocycles. The lowest BCUT2D eigenvalue weighted by Gasteiger charge is -2.26. The number of nitrogens with one attached hydrogen (secondary N) is 1. The number of ether oxygens (including phenoxy) is 1. The summed E-state index contributed by atoms with van der Waals surface area (Å²) in [5.41, 5.74) is 0.515. The van der Waals surface area contributed by atoms with Gasteiger partial charge in [-0.2, -0.15) is 0 Å². The van der Waals surface area contributed by atoms with Crippen LogP contribution in [-0.4, -0.2) is 19.9 Å². The molecule has 1 unspecified atom stereocenters. The Morgan fingerprint density at radius 1 is 1.47 bits per heavy atom. The number of thioether (sulfide) groups is 1. The van der Waals surface area contributed by atoms with E-state index < -0.39 is 0 Å². The van der Waals surface area contributed by atoms with Crippen LogP contribution in [-0.2, 0) is 5.54 Å². The van der Waals surface area contributed by atoms with E-state index in [2.05, 4.69) is 12.2 Å². The number of rotatable bonds is 3. The van der Waals surface area contributed by atoms with Gasteiger partial charge in [0.1, 0.15) is 11.6 Å². The maximum absolute atomic E-state index is 14.5. The average molecular weight is 255 g/mol. The average Bonchev–Trinajstić information content (AvgIpc) is 2.76. The Hall–Kier alpha value is -0.740. The monoisotopic (exact) mass is 255 g/mol. The molecule has 1 aliphatic rings. The van der Waals surface area contributed by atoms with Gasteiger partial charge in [-0.3, -0.25) is 0 Å². The van der Waals surface area contributed by atoms with Crippen molar-refractivity contribution in [1.29, 1.82) is 0 Å². The molecule has 0 spiro atoms. The molecule has 2 nitrogen and oxygen atoms in total. The lowest BCUT2D eigenvalue weighted by atomic mass is 9.90. The fourth-order valence-electron chi connectivity index (χ4n) is 2.44. The Kier molecular flexibility index (Phi) is 3.64. The summed E-state index contributed by atoms with van der Waals surface area (Å²) in [7, 11) is 1.57. The van der Waals surface area contributed by atoms with Gasteiger partial charge in [0.25, 0.3) is 0 Å². The van der Waals surface area contributed by atoms with E-state index in [0.717, 1.165) is 24.9 Å². The molecule has 0 radical (unpaired) electrons.